The summed E-state index contributed by atoms with van der Waals surface area (Å²) in [6.07, 6.45) is 0. The number of hydrogen-bond acceptors (Lipinski definition) is 5. The van der Waals surface area contributed by atoms with E-state index in [1.165, 1.54) is 23.9 Å². The van der Waals surface area contributed by atoms with E-state index in [9.17, 15) is 19.5 Å². The van der Waals surface area contributed by atoms with Crippen molar-refractivity contribution >= 4 is 40.9 Å². The van der Waals surface area contributed by atoms with Crippen molar-refractivity contribution in [3.05, 3.63) is 83.9 Å². The molecule has 158 valence electrons. The lowest BCUT2D eigenvalue weighted by Gasteiger charge is -2.10. The smallest absolute Gasteiger partial charge is 0.336 e. The van der Waals surface area contributed by atoms with Crippen molar-refractivity contribution in [1.82, 2.24) is 0 Å². The minimum Gasteiger partial charge on any atom is -0.495 e. The van der Waals surface area contributed by atoms with Crippen LogP contribution in [0, 0.1) is 0 Å². The molecule has 0 fully saturated rings. The maximum atomic E-state index is 12.4. The molecule has 31 heavy (non-hydrogen) atoms. The summed E-state index contributed by atoms with van der Waals surface area (Å²) in [5.74, 6) is -1.04. The Hall–Kier alpha value is -3.78. The van der Waals surface area contributed by atoms with Crippen molar-refractivity contribution in [3.8, 4) is 5.75 Å². The van der Waals surface area contributed by atoms with Crippen LogP contribution >= 0.6 is 11.8 Å². The number of methoxy groups -OCH3 is 1. The van der Waals surface area contributed by atoms with E-state index in [0.29, 0.717) is 17.1 Å². The van der Waals surface area contributed by atoms with Gasteiger partial charge in [0.2, 0.25) is 5.91 Å². The van der Waals surface area contributed by atoms with Gasteiger partial charge >= 0.3 is 5.97 Å². The number of nitrogens with one attached hydrogen (secondary N) is 2. The van der Waals surface area contributed by atoms with Crippen LogP contribution in [0.2, 0.25) is 0 Å². The summed E-state index contributed by atoms with van der Waals surface area (Å²) in [7, 11) is 1.54. The summed E-state index contributed by atoms with van der Waals surface area (Å²) in [6.45, 7) is 0. The Morgan fingerprint density at radius 2 is 1.52 bits per heavy atom. The fourth-order valence-electron chi connectivity index (χ4n) is 2.78. The Labute approximate surface area is 183 Å². The van der Waals surface area contributed by atoms with Crippen LogP contribution in [0.3, 0.4) is 0 Å². The lowest BCUT2D eigenvalue weighted by molar-refractivity contribution is -0.113. The molecule has 8 heteroatoms. The van der Waals surface area contributed by atoms with Crippen molar-refractivity contribution in [2.24, 2.45) is 0 Å². The Kier molecular flexibility index (Phi) is 7.29. The number of benzene rings is 3. The zero-order valence-electron chi connectivity index (χ0n) is 16.6. The first kappa shape index (κ1) is 21.9. The van der Waals surface area contributed by atoms with Gasteiger partial charge in [0.25, 0.3) is 5.91 Å². The molecule has 0 aliphatic heterocycles. The number of anilines is 2. The second-order valence-corrected chi connectivity index (χ2v) is 7.42. The minimum atomic E-state index is -1.16. The Balaban J connectivity index is 1.56. The van der Waals surface area contributed by atoms with E-state index in [4.69, 9.17) is 4.74 Å². The van der Waals surface area contributed by atoms with Crippen LogP contribution in [0.4, 0.5) is 11.4 Å². The van der Waals surface area contributed by atoms with Crippen molar-refractivity contribution in [3.63, 3.8) is 0 Å². The molecule has 0 saturated carbocycles. The van der Waals surface area contributed by atoms with Gasteiger partial charge in [-0.3, -0.25) is 9.59 Å². The zero-order chi connectivity index (χ0) is 22.2. The molecule has 3 rings (SSSR count). The molecule has 7 nitrogen and oxygen atoms in total. The number of ether oxygens (including phenoxy) is 1. The molecule has 2 amide bonds. The zero-order valence-corrected chi connectivity index (χ0v) is 17.4. The first-order chi connectivity index (χ1) is 15.0. The van der Waals surface area contributed by atoms with Crippen molar-refractivity contribution in [2.45, 2.75) is 4.90 Å². The van der Waals surface area contributed by atoms with Gasteiger partial charge in [-0.15, -0.1) is 11.8 Å². The number of carboxylic acid groups (broad SMARTS) is 1. The average molecular weight is 436 g/mol. The second-order valence-electron chi connectivity index (χ2n) is 6.37. The first-order valence-electron chi connectivity index (χ1n) is 9.27. The molecule has 0 radical (unpaired) electrons. The summed E-state index contributed by atoms with van der Waals surface area (Å²) in [5, 5.41) is 14.7. The molecule has 3 N–H and O–H groups in total. The molecule has 0 aliphatic carbocycles. The second kappa shape index (κ2) is 10.3. The highest BCUT2D eigenvalue weighted by Crippen LogP contribution is 2.25. The molecule has 0 spiro atoms. The SMILES string of the molecule is COc1ccccc1NC(=O)CSc1ccc(NC(=O)c2ccccc2C(=O)O)cc1. The van der Waals surface area contributed by atoms with Crippen LogP contribution in [-0.4, -0.2) is 35.8 Å². The lowest BCUT2D eigenvalue weighted by atomic mass is 10.1. The van der Waals surface area contributed by atoms with Gasteiger partial charge in [-0.05, 0) is 48.5 Å². The number of aromatic carboxylic acids is 1. The number of hydrogen-bond donors (Lipinski definition) is 3. The number of para-hydroxylation sites is 2. The third kappa shape index (κ3) is 5.86. The summed E-state index contributed by atoms with van der Waals surface area (Å²) in [5.41, 5.74) is 1.15. The Morgan fingerprint density at radius 3 is 2.19 bits per heavy atom. The predicted octanol–water partition coefficient (Wildman–Crippen LogP) is 4.38. The van der Waals surface area contributed by atoms with E-state index in [0.717, 1.165) is 4.90 Å². The van der Waals surface area contributed by atoms with Gasteiger partial charge in [0.1, 0.15) is 5.75 Å². The summed E-state index contributed by atoms with van der Waals surface area (Å²) < 4.78 is 5.22. The van der Waals surface area contributed by atoms with Crippen LogP contribution in [-0.2, 0) is 4.79 Å². The van der Waals surface area contributed by atoms with Gasteiger partial charge in [0.05, 0.1) is 29.7 Å². The third-order valence-electron chi connectivity index (χ3n) is 4.27. The number of rotatable bonds is 8. The largest absolute Gasteiger partial charge is 0.495 e. The van der Waals surface area contributed by atoms with E-state index in [-0.39, 0.29) is 22.8 Å². The molecule has 3 aromatic carbocycles. The molecular weight excluding hydrogens is 416 g/mol. The lowest BCUT2D eigenvalue weighted by Crippen LogP contribution is -2.16. The van der Waals surface area contributed by atoms with E-state index in [1.807, 2.05) is 12.1 Å². The van der Waals surface area contributed by atoms with Gasteiger partial charge in [-0.2, -0.15) is 0 Å². The van der Waals surface area contributed by atoms with Crippen LogP contribution in [0.25, 0.3) is 0 Å². The van der Waals surface area contributed by atoms with Gasteiger partial charge in [0.15, 0.2) is 0 Å². The van der Waals surface area contributed by atoms with Crippen molar-refractivity contribution in [1.29, 1.82) is 0 Å². The van der Waals surface area contributed by atoms with E-state index in [1.54, 1.807) is 55.6 Å². The maximum Gasteiger partial charge on any atom is 0.336 e. The Morgan fingerprint density at radius 1 is 0.871 bits per heavy atom. The van der Waals surface area contributed by atoms with Gasteiger partial charge in [-0.25, -0.2) is 4.79 Å². The molecule has 0 unspecified atom stereocenters. The van der Waals surface area contributed by atoms with Crippen LogP contribution < -0.4 is 15.4 Å². The number of amides is 2. The number of carboxylic acids is 1. The monoisotopic (exact) mass is 436 g/mol. The molecule has 0 saturated heterocycles. The van der Waals surface area contributed by atoms with Crippen LogP contribution in [0.1, 0.15) is 20.7 Å². The highest BCUT2D eigenvalue weighted by Gasteiger charge is 2.16. The molecule has 0 aliphatic rings. The summed E-state index contributed by atoms with van der Waals surface area (Å²) >= 11 is 1.35. The van der Waals surface area contributed by atoms with Gasteiger partial charge < -0.3 is 20.5 Å². The van der Waals surface area contributed by atoms with Crippen molar-refractivity contribution < 1.29 is 24.2 Å². The highest BCUT2D eigenvalue weighted by atomic mass is 32.2. The fraction of sp³-hybridized carbons (Fsp3) is 0.0870. The number of thioether (sulfide) groups is 1. The summed E-state index contributed by atoms with van der Waals surface area (Å²) in [4.78, 5) is 36.8. The Bertz CT molecular complexity index is 1100. The van der Waals surface area contributed by atoms with Gasteiger partial charge in [-0.1, -0.05) is 24.3 Å². The fourth-order valence-corrected chi connectivity index (χ4v) is 3.48. The van der Waals surface area contributed by atoms with E-state index in [2.05, 4.69) is 10.6 Å². The standard InChI is InChI=1S/C23H20N2O5S/c1-30-20-9-5-4-8-19(20)25-21(26)14-31-16-12-10-15(11-13-16)24-22(27)17-6-2-3-7-18(17)23(28)29/h2-13H,14H2,1H3,(H,24,27)(H,25,26)(H,28,29). The van der Waals surface area contributed by atoms with Crippen LogP contribution in [0.5, 0.6) is 5.75 Å². The summed E-state index contributed by atoms with van der Waals surface area (Å²) in [6, 6.07) is 20.1. The minimum absolute atomic E-state index is 0.0618. The van der Waals surface area contributed by atoms with Crippen LogP contribution in [0.15, 0.2) is 77.7 Å². The highest BCUT2D eigenvalue weighted by molar-refractivity contribution is 8.00. The molecule has 0 aromatic heterocycles. The maximum absolute atomic E-state index is 12.4. The third-order valence-corrected chi connectivity index (χ3v) is 5.28. The normalized spacial score (nSPS) is 10.2. The molecular formula is C23H20N2O5S. The van der Waals surface area contributed by atoms with E-state index >= 15 is 0 Å². The number of carbonyl (C=O) groups excluding carboxylic acids is 2. The van der Waals surface area contributed by atoms with Gasteiger partial charge in [0, 0.05) is 10.6 Å². The average Bonchev–Trinajstić information content (AvgIpc) is 2.79. The molecule has 0 bridgehead atoms. The topological polar surface area (TPSA) is 105 Å². The molecule has 3 aromatic rings. The van der Waals surface area contributed by atoms with E-state index < -0.39 is 11.9 Å². The number of carbonyl (C=O) groups is 3. The first-order valence-corrected chi connectivity index (χ1v) is 10.3. The predicted molar refractivity (Wildman–Crippen MR) is 120 cm³/mol. The molecule has 0 atom stereocenters. The quantitative estimate of drug-likeness (QED) is 0.453. The van der Waals surface area contributed by atoms with Crippen molar-refractivity contribution in [2.75, 3.05) is 23.5 Å². The molecule has 0 heterocycles.